The molecule has 3 heterocycles. The molecular formula is C28H25N5O4. The van der Waals surface area contributed by atoms with Crippen LogP contribution in [0.15, 0.2) is 76.2 Å². The Bertz CT molecular complexity index is 1650. The number of amides is 1. The third kappa shape index (κ3) is 5.11. The molecule has 5 rings (SSSR count). The van der Waals surface area contributed by atoms with Crippen LogP contribution >= 0.6 is 0 Å². The summed E-state index contributed by atoms with van der Waals surface area (Å²) >= 11 is 0. The van der Waals surface area contributed by atoms with E-state index in [1.807, 2.05) is 62.4 Å². The molecule has 0 aliphatic carbocycles. The average Bonchev–Trinajstić information content (AvgIpc) is 3.39. The fourth-order valence-electron chi connectivity index (χ4n) is 3.98. The Hall–Kier alpha value is -4.79. The molecule has 3 aromatic heterocycles. The smallest absolute Gasteiger partial charge is 0.263 e. The van der Waals surface area contributed by atoms with Crippen LogP contribution in [0.3, 0.4) is 0 Å². The molecule has 0 atom stereocenters. The standard InChI is InChI=1S/C28H25N5O4/c1-17-7-10-20(11-8-17)26-31-28(37-32-26)23-15-33(27-22(25(23)35)12-9-18(2)30-27)16-24(34)29-14-19-5-4-6-21(13-19)36-3/h4-13,15H,14,16H2,1-3H3,(H,29,34). The first-order chi connectivity index (χ1) is 17.9. The van der Waals surface area contributed by atoms with E-state index in [0.29, 0.717) is 29.2 Å². The number of aromatic nitrogens is 4. The summed E-state index contributed by atoms with van der Waals surface area (Å²) in [5.41, 5.74) is 3.82. The van der Waals surface area contributed by atoms with Gasteiger partial charge in [-0.15, -0.1) is 0 Å². The van der Waals surface area contributed by atoms with E-state index in [1.165, 1.54) is 0 Å². The summed E-state index contributed by atoms with van der Waals surface area (Å²) in [7, 11) is 1.60. The van der Waals surface area contributed by atoms with Crippen molar-refractivity contribution in [2.75, 3.05) is 7.11 Å². The van der Waals surface area contributed by atoms with Crippen molar-refractivity contribution in [3.63, 3.8) is 0 Å². The Morgan fingerprint density at radius 2 is 1.86 bits per heavy atom. The normalized spacial score (nSPS) is 11.0. The minimum absolute atomic E-state index is 0.0524. The number of carbonyl (C=O) groups excluding carboxylic acids is 1. The zero-order chi connectivity index (χ0) is 25.9. The minimum Gasteiger partial charge on any atom is -0.497 e. The van der Waals surface area contributed by atoms with Crippen molar-refractivity contribution in [3.05, 3.63) is 93.9 Å². The first kappa shape index (κ1) is 23.9. The summed E-state index contributed by atoms with van der Waals surface area (Å²) in [6.45, 7) is 4.10. The second-order valence-corrected chi connectivity index (χ2v) is 8.74. The second kappa shape index (κ2) is 10.1. The van der Waals surface area contributed by atoms with E-state index in [2.05, 4.69) is 20.4 Å². The minimum atomic E-state index is -0.297. The lowest BCUT2D eigenvalue weighted by molar-refractivity contribution is -0.121. The van der Waals surface area contributed by atoms with E-state index < -0.39 is 0 Å². The Morgan fingerprint density at radius 1 is 1.05 bits per heavy atom. The molecule has 0 aliphatic heterocycles. The predicted molar refractivity (Wildman–Crippen MR) is 139 cm³/mol. The van der Waals surface area contributed by atoms with E-state index in [1.54, 1.807) is 30.0 Å². The summed E-state index contributed by atoms with van der Waals surface area (Å²) in [4.78, 5) is 35.2. The SMILES string of the molecule is COc1cccc(CNC(=O)Cn2cc(-c3nc(-c4ccc(C)cc4)no3)c(=O)c3ccc(C)nc32)c1. The molecule has 37 heavy (non-hydrogen) atoms. The predicted octanol–water partition coefficient (Wildman–Crippen LogP) is 4.06. The van der Waals surface area contributed by atoms with Crippen molar-refractivity contribution in [1.82, 2.24) is 25.0 Å². The van der Waals surface area contributed by atoms with Crippen LogP contribution in [-0.2, 0) is 17.9 Å². The van der Waals surface area contributed by atoms with Gasteiger partial charge in [0.15, 0.2) is 0 Å². The molecule has 0 aliphatic rings. The van der Waals surface area contributed by atoms with Gasteiger partial charge in [0.1, 0.15) is 23.5 Å². The van der Waals surface area contributed by atoms with Gasteiger partial charge < -0.3 is 19.1 Å². The molecule has 2 aromatic carbocycles. The van der Waals surface area contributed by atoms with Gasteiger partial charge in [-0.25, -0.2) is 4.98 Å². The molecule has 0 saturated heterocycles. The van der Waals surface area contributed by atoms with Crippen LogP contribution in [0.4, 0.5) is 0 Å². The number of nitrogens with zero attached hydrogens (tertiary/aromatic N) is 4. The molecule has 1 amide bonds. The highest BCUT2D eigenvalue weighted by Gasteiger charge is 2.19. The van der Waals surface area contributed by atoms with Crippen LogP contribution in [0, 0.1) is 13.8 Å². The fourth-order valence-corrected chi connectivity index (χ4v) is 3.98. The summed E-state index contributed by atoms with van der Waals surface area (Å²) in [6.07, 6.45) is 1.55. The molecule has 0 radical (unpaired) electrons. The van der Waals surface area contributed by atoms with Gasteiger partial charge in [0.2, 0.25) is 17.2 Å². The summed E-state index contributed by atoms with van der Waals surface area (Å²) in [6, 6.07) is 18.6. The molecule has 0 unspecified atom stereocenters. The van der Waals surface area contributed by atoms with Crippen LogP contribution < -0.4 is 15.5 Å². The van der Waals surface area contributed by atoms with Gasteiger partial charge in [0.05, 0.1) is 12.5 Å². The molecule has 0 saturated carbocycles. The fraction of sp³-hybridized carbons (Fsp3) is 0.179. The van der Waals surface area contributed by atoms with E-state index in [0.717, 1.165) is 22.4 Å². The van der Waals surface area contributed by atoms with Gasteiger partial charge in [-0.2, -0.15) is 4.98 Å². The highest BCUT2D eigenvalue weighted by molar-refractivity contribution is 5.83. The monoisotopic (exact) mass is 495 g/mol. The van der Waals surface area contributed by atoms with Crippen LogP contribution in [0.2, 0.25) is 0 Å². The number of ether oxygens (including phenoxy) is 1. The van der Waals surface area contributed by atoms with Crippen molar-refractivity contribution in [2.24, 2.45) is 0 Å². The molecule has 1 N–H and O–H groups in total. The van der Waals surface area contributed by atoms with Gasteiger partial charge in [-0.05, 0) is 43.7 Å². The van der Waals surface area contributed by atoms with Crippen LogP contribution in [0.5, 0.6) is 5.75 Å². The molecule has 0 fully saturated rings. The van der Waals surface area contributed by atoms with Crippen molar-refractivity contribution >= 4 is 16.9 Å². The lowest BCUT2D eigenvalue weighted by Gasteiger charge is -2.13. The highest BCUT2D eigenvalue weighted by atomic mass is 16.5. The number of fused-ring (bicyclic) bond motifs is 1. The maximum atomic E-state index is 13.3. The third-order valence-electron chi connectivity index (χ3n) is 5.96. The lowest BCUT2D eigenvalue weighted by Crippen LogP contribution is -2.28. The number of aryl methyl sites for hydroxylation is 2. The summed E-state index contributed by atoms with van der Waals surface area (Å²) in [5, 5.41) is 7.33. The summed E-state index contributed by atoms with van der Waals surface area (Å²) in [5.74, 6) is 0.924. The first-order valence-electron chi connectivity index (χ1n) is 11.7. The maximum Gasteiger partial charge on any atom is 0.263 e. The van der Waals surface area contributed by atoms with Crippen molar-refractivity contribution in [1.29, 1.82) is 0 Å². The number of hydrogen-bond donors (Lipinski definition) is 1. The average molecular weight is 496 g/mol. The Balaban J connectivity index is 1.47. The zero-order valence-corrected chi connectivity index (χ0v) is 20.7. The van der Waals surface area contributed by atoms with Crippen LogP contribution in [-0.4, -0.2) is 32.7 Å². The van der Waals surface area contributed by atoms with Gasteiger partial charge >= 0.3 is 0 Å². The van der Waals surface area contributed by atoms with E-state index >= 15 is 0 Å². The molecule has 0 bridgehead atoms. The van der Waals surface area contributed by atoms with E-state index in [4.69, 9.17) is 9.26 Å². The third-order valence-corrected chi connectivity index (χ3v) is 5.96. The number of benzene rings is 2. The number of nitrogens with one attached hydrogen (secondary N) is 1. The number of methoxy groups -OCH3 is 1. The first-order valence-corrected chi connectivity index (χ1v) is 11.7. The molecular weight excluding hydrogens is 470 g/mol. The molecule has 9 heteroatoms. The summed E-state index contributed by atoms with van der Waals surface area (Å²) < 4.78 is 12.3. The lowest BCUT2D eigenvalue weighted by atomic mass is 10.1. The van der Waals surface area contributed by atoms with E-state index in [9.17, 15) is 9.59 Å². The molecule has 9 nitrogen and oxygen atoms in total. The Kier molecular flexibility index (Phi) is 6.51. The molecule has 186 valence electrons. The van der Waals surface area contributed by atoms with Gasteiger partial charge in [-0.1, -0.05) is 47.1 Å². The Labute approximate surface area is 212 Å². The molecule has 5 aromatic rings. The van der Waals surface area contributed by atoms with Gasteiger partial charge in [0.25, 0.3) is 5.89 Å². The van der Waals surface area contributed by atoms with Crippen molar-refractivity contribution in [2.45, 2.75) is 26.9 Å². The zero-order valence-electron chi connectivity index (χ0n) is 20.7. The maximum absolute atomic E-state index is 13.3. The quantitative estimate of drug-likeness (QED) is 0.362. The van der Waals surface area contributed by atoms with E-state index in [-0.39, 0.29) is 29.3 Å². The van der Waals surface area contributed by atoms with Gasteiger partial charge in [0, 0.05) is 24.0 Å². The number of hydrogen-bond acceptors (Lipinski definition) is 7. The largest absolute Gasteiger partial charge is 0.497 e. The van der Waals surface area contributed by atoms with Crippen LogP contribution in [0.1, 0.15) is 16.8 Å². The molecule has 0 spiro atoms. The Morgan fingerprint density at radius 3 is 2.65 bits per heavy atom. The van der Waals surface area contributed by atoms with Crippen LogP contribution in [0.25, 0.3) is 33.9 Å². The topological polar surface area (TPSA) is 112 Å². The van der Waals surface area contributed by atoms with Crippen molar-refractivity contribution in [3.8, 4) is 28.6 Å². The number of carbonyl (C=O) groups is 1. The number of rotatable bonds is 7. The highest BCUT2D eigenvalue weighted by Crippen LogP contribution is 2.22. The second-order valence-electron chi connectivity index (χ2n) is 8.74. The number of pyridine rings is 2. The van der Waals surface area contributed by atoms with Gasteiger partial charge in [-0.3, -0.25) is 9.59 Å². The van der Waals surface area contributed by atoms with Crippen molar-refractivity contribution < 1.29 is 14.1 Å².